The van der Waals surface area contributed by atoms with Gasteiger partial charge in [-0.05, 0) is 25.5 Å². The molecular formula is C11H20N2OS. The third kappa shape index (κ3) is 5.11. The fourth-order valence-corrected chi connectivity index (χ4v) is 1.57. The van der Waals surface area contributed by atoms with E-state index in [0.717, 1.165) is 31.1 Å². The van der Waals surface area contributed by atoms with Gasteiger partial charge in [0.05, 0.1) is 19.0 Å². The second kappa shape index (κ2) is 7.63. The van der Waals surface area contributed by atoms with Crippen molar-refractivity contribution in [2.75, 3.05) is 12.4 Å². The Labute approximate surface area is 97.2 Å². The number of thiol groups is 1. The highest BCUT2D eigenvalue weighted by atomic mass is 32.1. The first kappa shape index (κ1) is 12.4. The Bertz CT molecular complexity index is 263. The summed E-state index contributed by atoms with van der Waals surface area (Å²) in [5, 5.41) is 4.14. The molecule has 15 heavy (non-hydrogen) atoms. The van der Waals surface area contributed by atoms with Crippen LogP contribution < -0.4 is 4.74 Å². The van der Waals surface area contributed by atoms with Crippen molar-refractivity contribution in [2.45, 2.75) is 39.2 Å². The largest absolute Gasteiger partial charge is 0.490 e. The number of hydrogen-bond acceptors (Lipinski definition) is 3. The van der Waals surface area contributed by atoms with Gasteiger partial charge >= 0.3 is 0 Å². The molecule has 1 aromatic heterocycles. The lowest BCUT2D eigenvalue weighted by Crippen LogP contribution is -1.97. The van der Waals surface area contributed by atoms with Gasteiger partial charge < -0.3 is 4.74 Å². The van der Waals surface area contributed by atoms with Crippen LogP contribution in [0, 0.1) is 0 Å². The summed E-state index contributed by atoms with van der Waals surface area (Å²) >= 11 is 4.17. The van der Waals surface area contributed by atoms with Crippen LogP contribution in [0.4, 0.5) is 0 Å². The number of unbranched alkanes of at least 4 members (excludes halogenated alkanes) is 3. The third-order valence-electron chi connectivity index (χ3n) is 2.25. The van der Waals surface area contributed by atoms with Gasteiger partial charge in [-0.3, -0.25) is 4.68 Å². The van der Waals surface area contributed by atoms with Gasteiger partial charge in [0, 0.05) is 6.54 Å². The van der Waals surface area contributed by atoms with Crippen LogP contribution in [-0.2, 0) is 6.54 Å². The van der Waals surface area contributed by atoms with Crippen molar-refractivity contribution in [3.63, 3.8) is 0 Å². The van der Waals surface area contributed by atoms with E-state index in [0.29, 0.717) is 0 Å². The van der Waals surface area contributed by atoms with Crippen LogP contribution in [0.25, 0.3) is 0 Å². The minimum Gasteiger partial charge on any atom is -0.490 e. The Hall–Kier alpha value is -0.640. The van der Waals surface area contributed by atoms with Crippen molar-refractivity contribution in [3.8, 4) is 5.75 Å². The Morgan fingerprint density at radius 1 is 1.33 bits per heavy atom. The first-order valence-corrected chi connectivity index (χ1v) is 6.26. The van der Waals surface area contributed by atoms with Gasteiger partial charge in [0.2, 0.25) is 0 Å². The average molecular weight is 228 g/mol. The van der Waals surface area contributed by atoms with Gasteiger partial charge in [-0.25, -0.2) is 0 Å². The highest BCUT2D eigenvalue weighted by Gasteiger charge is 1.97. The Kier molecular flexibility index (Phi) is 6.32. The molecule has 0 bridgehead atoms. The van der Waals surface area contributed by atoms with E-state index in [-0.39, 0.29) is 0 Å². The number of aryl methyl sites for hydroxylation is 1. The molecule has 1 heterocycles. The maximum absolute atomic E-state index is 5.57. The Morgan fingerprint density at radius 2 is 2.13 bits per heavy atom. The maximum Gasteiger partial charge on any atom is 0.157 e. The van der Waals surface area contributed by atoms with Crippen LogP contribution in [0.15, 0.2) is 12.4 Å². The molecule has 0 amide bonds. The minimum atomic E-state index is 0.794. The van der Waals surface area contributed by atoms with E-state index in [4.69, 9.17) is 4.74 Å². The molecular weight excluding hydrogens is 208 g/mol. The highest BCUT2D eigenvalue weighted by Crippen LogP contribution is 2.09. The summed E-state index contributed by atoms with van der Waals surface area (Å²) in [5.41, 5.74) is 0. The first-order valence-electron chi connectivity index (χ1n) is 5.63. The molecule has 1 aromatic rings. The molecule has 0 aliphatic rings. The third-order valence-corrected chi connectivity index (χ3v) is 2.57. The van der Waals surface area contributed by atoms with Crippen molar-refractivity contribution in [1.29, 1.82) is 0 Å². The van der Waals surface area contributed by atoms with Crippen LogP contribution in [0.1, 0.15) is 32.6 Å². The lowest BCUT2D eigenvalue weighted by molar-refractivity contribution is 0.305. The second-order valence-corrected chi connectivity index (χ2v) is 3.97. The molecule has 0 aliphatic heterocycles. The molecule has 0 saturated carbocycles. The standard InChI is InChI=1S/C11H20N2OS/c1-2-13-10-11(9-12-13)14-7-5-3-4-6-8-15/h9-10,15H,2-8H2,1H3. The SMILES string of the molecule is CCn1cc(OCCCCCCS)cn1. The van der Waals surface area contributed by atoms with Crippen LogP contribution in [0.5, 0.6) is 5.75 Å². The van der Waals surface area contributed by atoms with E-state index >= 15 is 0 Å². The molecule has 0 aliphatic carbocycles. The van der Waals surface area contributed by atoms with Crippen LogP contribution in [0.2, 0.25) is 0 Å². The van der Waals surface area contributed by atoms with Gasteiger partial charge in [0.15, 0.2) is 5.75 Å². The van der Waals surface area contributed by atoms with E-state index in [1.165, 1.54) is 19.3 Å². The summed E-state index contributed by atoms with van der Waals surface area (Å²) < 4.78 is 7.44. The minimum absolute atomic E-state index is 0.794. The lowest BCUT2D eigenvalue weighted by atomic mass is 10.2. The molecule has 0 saturated heterocycles. The molecule has 4 heteroatoms. The van der Waals surface area contributed by atoms with E-state index in [1.54, 1.807) is 6.20 Å². The van der Waals surface area contributed by atoms with Gasteiger partial charge in [0.25, 0.3) is 0 Å². The Balaban J connectivity index is 2.04. The summed E-state index contributed by atoms with van der Waals surface area (Å²) in [5.74, 6) is 1.87. The monoisotopic (exact) mass is 228 g/mol. The summed E-state index contributed by atoms with van der Waals surface area (Å²) in [7, 11) is 0. The smallest absolute Gasteiger partial charge is 0.157 e. The summed E-state index contributed by atoms with van der Waals surface area (Å²) in [6.07, 6.45) is 8.51. The molecule has 0 radical (unpaired) electrons. The van der Waals surface area contributed by atoms with Crippen molar-refractivity contribution in [2.24, 2.45) is 0 Å². The van der Waals surface area contributed by atoms with Crippen LogP contribution in [0.3, 0.4) is 0 Å². The first-order chi connectivity index (χ1) is 7.36. The number of rotatable bonds is 8. The zero-order chi connectivity index (χ0) is 10.9. The predicted octanol–water partition coefficient (Wildman–Crippen LogP) is 2.77. The quantitative estimate of drug-likeness (QED) is 0.547. The van der Waals surface area contributed by atoms with Crippen molar-refractivity contribution >= 4 is 12.6 Å². The van der Waals surface area contributed by atoms with Crippen molar-refractivity contribution in [1.82, 2.24) is 9.78 Å². The predicted molar refractivity (Wildman–Crippen MR) is 65.7 cm³/mol. The maximum atomic E-state index is 5.57. The van der Waals surface area contributed by atoms with Crippen LogP contribution >= 0.6 is 12.6 Å². The number of nitrogens with zero attached hydrogens (tertiary/aromatic N) is 2. The van der Waals surface area contributed by atoms with Crippen molar-refractivity contribution < 1.29 is 4.74 Å². The number of ether oxygens (including phenoxy) is 1. The molecule has 1 rings (SSSR count). The fraction of sp³-hybridized carbons (Fsp3) is 0.727. The summed E-state index contributed by atoms with van der Waals surface area (Å²) in [4.78, 5) is 0. The van der Waals surface area contributed by atoms with Crippen molar-refractivity contribution in [3.05, 3.63) is 12.4 Å². The van der Waals surface area contributed by atoms with Crippen LogP contribution in [-0.4, -0.2) is 22.1 Å². The molecule has 0 atom stereocenters. The average Bonchev–Trinajstić information content (AvgIpc) is 2.71. The normalized spacial score (nSPS) is 10.5. The van der Waals surface area contributed by atoms with Gasteiger partial charge in [-0.15, -0.1) is 0 Å². The lowest BCUT2D eigenvalue weighted by Gasteiger charge is -2.02. The molecule has 86 valence electrons. The van der Waals surface area contributed by atoms with E-state index in [1.807, 2.05) is 10.9 Å². The molecule has 3 nitrogen and oxygen atoms in total. The Morgan fingerprint density at radius 3 is 2.80 bits per heavy atom. The zero-order valence-corrected chi connectivity index (χ0v) is 10.2. The summed E-state index contributed by atoms with van der Waals surface area (Å²) in [6, 6.07) is 0. The van der Waals surface area contributed by atoms with E-state index < -0.39 is 0 Å². The molecule has 0 N–H and O–H groups in total. The second-order valence-electron chi connectivity index (χ2n) is 3.52. The molecule has 0 fully saturated rings. The number of hydrogen-bond donors (Lipinski definition) is 1. The van der Waals surface area contributed by atoms with Gasteiger partial charge in [0.1, 0.15) is 0 Å². The van der Waals surface area contributed by atoms with E-state index in [2.05, 4.69) is 24.7 Å². The molecule has 0 unspecified atom stereocenters. The topological polar surface area (TPSA) is 27.1 Å². The number of aromatic nitrogens is 2. The van der Waals surface area contributed by atoms with Gasteiger partial charge in [-0.2, -0.15) is 17.7 Å². The molecule has 0 spiro atoms. The fourth-order valence-electron chi connectivity index (χ4n) is 1.35. The zero-order valence-electron chi connectivity index (χ0n) is 9.35. The van der Waals surface area contributed by atoms with E-state index in [9.17, 15) is 0 Å². The van der Waals surface area contributed by atoms with Gasteiger partial charge in [-0.1, -0.05) is 12.8 Å². The highest BCUT2D eigenvalue weighted by molar-refractivity contribution is 7.80. The molecule has 0 aromatic carbocycles. The summed E-state index contributed by atoms with van der Waals surface area (Å²) in [6.45, 7) is 3.75.